The second-order valence-electron chi connectivity index (χ2n) is 3.58. The van der Waals surface area contributed by atoms with Gasteiger partial charge in [-0.2, -0.15) is 0 Å². The maximum Gasteiger partial charge on any atom is 0.0728 e. The Kier molecular flexibility index (Phi) is 5.09. The number of ether oxygens (including phenoxy) is 1. The maximum atomic E-state index is 5.67. The summed E-state index contributed by atoms with van der Waals surface area (Å²) in [6.45, 7) is 7.87. The van der Waals surface area contributed by atoms with Crippen LogP contribution in [-0.4, -0.2) is 25.3 Å². The lowest BCUT2D eigenvalue weighted by atomic mass is 10.0. The molecule has 2 nitrogen and oxygen atoms in total. The van der Waals surface area contributed by atoms with Gasteiger partial charge in [-0.15, -0.1) is 6.58 Å². The largest absolute Gasteiger partial charge is 0.377 e. The third-order valence-corrected chi connectivity index (χ3v) is 2.56. The van der Waals surface area contributed by atoms with E-state index in [2.05, 4.69) is 18.8 Å². The fourth-order valence-corrected chi connectivity index (χ4v) is 1.90. The molecular formula is C11H21NO. The molecule has 1 saturated heterocycles. The van der Waals surface area contributed by atoms with Gasteiger partial charge in [-0.05, 0) is 32.2 Å². The van der Waals surface area contributed by atoms with Crippen LogP contribution in [0.4, 0.5) is 0 Å². The topological polar surface area (TPSA) is 21.3 Å². The van der Waals surface area contributed by atoms with E-state index in [0.29, 0.717) is 12.1 Å². The smallest absolute Gasteiger partial charge is 0.0728 e. The van der Waals surface area contributed by atoms with Gasteiger partial charge in [-0.3, -0.25) is 0 Å². The summed E-state index contributed by atoms with van der Waals surface area (Å²) in [6, 6.07) is 0.533. The second-order valence-corrected chi connectivity index (χ2v) is 3.58. The molecule has 0 bridgehead atoms. The molecule has 0 amide bonds. The predicted octanol–water partition coefficient (Wildman–Crippen LogP) is 2.11. The Morgan fingerprint density at radius 2 is 2.54 bits per heavy atom. The van der Waals surface area contributed by atoms with Gasteiger partial charge in [0.05, 0.1) is 6.10 Å². The van der Waals surface area contributed by atoms with Gasteiger partial charge in [-0.1, -0.05) is 13.0 Å². The van der Waals surface area contributed by atoms with Gasteiger partial charge >= 0.3 is 0 Å². The standard InChI is InChI=1S/C11H21NO/c1-3-5-7-10(12-4-2)11-8-6-9-13-11/h3,10-12H,1,4-9H2,2H3. The lowest BCUT2D eigenvalue weighted by molar-refractivity contribution is 0.0764. The molecule has 1 rings (SSSR count). The number of likely N-dealkylation sites (N-methyl/N-ethyl adjacent to an activating group) is 1. The molecular weight excluding hydrogens is 162 g/mol. The first-order valence-electron chi connectivity index (χ1n) is 5.34. The van der Waals surface area contributed by atoms with Gasteiger partial charge in [0.1, 0.15) is 0 Å². The average molecular weight is 183 g/mol. The molecule has 0 spiro atoms. The molecule has 1 heterocycles. The van der Waals surface area contributed by atoms with Crippen molar-refractivity contribution in [2.75, 3.05) is 13.2 Å². The predicted molar refractivity (Wildman–Crippen MR) is 55.9 cm³/mol. The fraction of sp³-hybridized carbons (Fsp3) is 0.818. The Morgan fingerprint density at radius 3 is 3.08 bits per heavy atom. The molecule has 0 saturated carbocycles. The first-order valence-corrected chi connectivity index (χ1v) is 5.34. The summed E-state index contributed by atoms with van der Waals surface area (Å²) < 4.78 is 5.67. The molecule has 1 aliphatic heterocycles. The second kappa shape index (κ2) is 6.17. The lowest BCUT2D eigenvalue weighted by Crippen LogP contribution is -2.39. The molecule has 0 aliphatic carbocycles. The van der Waals surface area contributed by atoms with E-state index in [4.69, 9.17) is 4.74 Å². The van der Waals surface area contributed by atoms with Crippen LogP contribution in [0, 0.1) is 0 Å². The van der Waals surface area contributed by atoms with E-state index in [1.165, 1.54) is 12.8 Å². The lowest BCUT2D eigenvalue weighted by Gasteiger charge is -2.23. The third kappa shape index (κ3) is 3.49. The van der Waals surface area contributed by atoms with Crippen LogP contribution in [0.3, 0.4) is 0 Å². The van der Waals surface area contributed by atoms with E-state index >= 15 is 0 Å². The average Bonchev–Trinajstić information content (AvgIpc) is 2.65. The van der Waals surface area contributed by atoms with E-state index in [9.17, 15) is 0 Å². The molecule has 2 unspecified atom stereocenters. The van der Waals surface area contributed by atoms with Gasteiger partial charge in [-0.25, -0.2) is 0 Å². The normalized spacial score (nSPS) is 24.5. The zero-order chi connectivity index (χ0) is 9.52. The third-order valence-electron chi connectivity index (χ3n) is 2.56. The highest BCUT2D eigenvalue weighted by Gasteiger charge is 2.24. The molecule has 2 heteroatoms. The van der Waals surface area contributed by atoms with Crippen molar-refractivity contribution in [1.29, 1.82) is 0 Å². The number of allylic oxidation sites excluding steroid dienone is 1. The summed E-state index contributed by atoms with van der Waals surface area (Å²) in [5.41, 5.74) is 0. The molecule has 2 atom stereocenters. The van der Waals surface area contributed by atoms with Crippen molar-refractivity contribution in [2.24, 2.45) is 0 Å². The Labute approximate surface area is 81.4 Å². The van der Waals surface area contributed by atoms with Crippen LogP contribution in [0.1, 0.15) is 32.6 Å². The van der Waals surface area contributed by atoms with Crippen LogP contribution < -0.4 is 5.32 Å². The quantitative estimate of drug-likeness (QED) is 0.637. The van der Waals surface area contributed by atoms with E-state index in [0.717, 1.165) is 26.0 Å². The van der Waals surface area contributed by atoms with Crippen molar-refractivity contribution >= 4 is 0 Å². The van der Waals surface area contributed by atoms with Crippen molar-refractivity contribution < 1.29 is 4.74 Å². The number of rotatable bonds is 6. The van der Waals surface area contributed by atoms with Crippen LogP contribution in [-0.2, 0) is 4.74 Å². The van der Waals surface area contributed by atoms with E-state index in [-0.39, 0.29) is 0 Å². The number of nitrogens with one attached hydrogen (secondary N) is 1. The van der Waals surface area contributed by atoms with Gasteiger partial charge < -0.3 is 10.1 Å². The molecule has 1 fully saturated rings. The molecule has 76 valence electrons. The maximum absolute atomic E-state index is 5.67. The molecule has 0 aromatic carbocycles. The zero-order valence-electron chi connectivity index (χ0n) is 8.59. The SMILES string of the molecule is C=CCCC(NCC)C1CCCO1. The number of hydrogen-bond acceptors (Lipinski definition) is 2. The zero-order valence-corrected chi connectivity index (χ0v) is 8.59. The van der Waals surface area contributed by atoms with E-state index < -0.39 is 0 Å². The van der Waals surface area contributed by atoms with Crippen molar-refractivity contribution in [3.05, 3.63) is 12.7 Å². The first kappa shape index (κ1) is 10.7. The molecule has 1 aliphatic rings. The highest BCUT2D eigenvalue weighted by atomic mass is 16.5. The monoisotopic (exact) mass is 183 g/mol. The Balaban J connectivity index is 2.30. The van der Waals surface area contributed by atoms with Gasteiger partial charge in [0.25, 0.3) is 0 Å². The molecule has 0 aromatic rings. The Hall–Kier alpha value is -0.340. The summed E-state index contributed by atoms with van der Waals surface area (Å²) >= 11 is 0. The molecule has 0 radical (unpaired) electrons. The minimum atomic E-state index is 0.444. The van der Waals surface area contributed by atoms with E-state index in [1.54, 1.807) is 0 Å². The van der Waals surface area contributed by atoms with Crippen molar-refractivity contribution in [2.45, 2.75) is 44.8 Å². The van der Waals surface area contributed by atoms with Crippen molar-refractivity contribution in [1.82, 2.24) is 5.32 Å². The molecule has 1 N–H and O–H groups in total. The van der Waals surface area contributed by atoms with Crippen LogP contribution >= 0.6 is 0 Å². The first-order chi connectivity index (χ1) is 6.38. The van der Waals surface area contributed by atoms with E-state index in [1.807, 2.05) is 6.08 Å². The number of hydrogen-bond donors (Lipinski definition) is 1. The molecule has 13 heavy (non-hydrogen) atoms. The van der Waals surface area contributed by atoms with Crippen LogP contribution in [0.2, 0.25) is 0 Å². The summed E-state index contributed by atoms with van der Waals surface area (Å²) in [7, 11) is 0. The van der Waals surface area contributed by atoms with Crippen molar-refractivity contribution in [3.63, 3.8) is 0 Å². The fourth-order valence-electron chi connectivity index (χ4n) is 1.90. The highest BCUT2D eigenvalue weighted by molar-refractivity contribution is 4.82. The summed E-state index contributed by atoms with van der Waals surface area (Å²) in [6.07, 6.45) is 7.11. The van der Waals surface area contributed by atoms with Crippen LogP contribution in [0.25, 0.3) is 0 Å². The Bertz CT molecular complexity index is 141. The minimum absolute atomic E-state index is 0.444. The summed E-state index contributed by atoms with van der Waals surface area (Å²) in [5, 5.41) is 3.49. The van der Waals surface area contributed by atoms with Gasteiger partial charge in [0.2, 0.25) is 0 Å². The summed E-state index contributed by atoms with van der Waals surface area (Å²) in [4.78, 5) is 0. The Morgan fingerprint density at radius 1 is 1.69 bits per heavy atom. The van der Waals surface area contributed by atoms with Crippen LogP contribution in [0.5, 0.6) is 0 Å². The summed E-state index contributed by atoms with van der Waals surface area (Å²) in [5.74, 6) is 0. The highest BCUT2D eigenvalue weighted by Crippen LogP contribution is 2.18. The minimum Gasteiger partial charge on any atom is -0.377 e. The van der Waals surface area contributed by atoms with Gasteiger partial charge in [0, 0.05) is 12.6 Å². The van der Waals surface area contributed by atoms with Gasteiger partial charge in [0.15, 0.2) is 0 Å². The van der Waals surface area contributed by atoms with Crippen LogP contribution in [0.15, 0.2) is 12.7 Å². The molecule has 0 aromatic heterocycles. The van der Waals surface area contributed by atoms with Crippen molar-refractivity contribution in [3.8, 4) is 0 Å².